The van der Waals surface area contributed by atoms with E-state index in [1.165, 1.54) is 0 Å². The molecule has 1 unspecified atom stereocenters. The summed E-state index contributed by atoms with van der Waals surface area (Å²) in [4.78, 5) is 8.31. The molecule has 0 bridgehead atoms. The van der Waals surface area contributed by atoms with E-state index in [1.54, 1.807) is 0 Å². The quantitative estimate of drug-likeness (QED) is 0.507. The predicted octanol–water partition coefficient (Wildman–Crippen LogP) is 4.57. The summed E-state index contributed by atoms with van der Waals surface area (Å²) in [6, 6.07) is -11.0. The number of rotatable bonds is 4. The fourth-order valence-electron chi connectivity index (χ4n) is 2.35. The summed E-state index contributed by atoms with van der Waals surface area (Å²) < 4.78 is 169. The molecule has 1 aromatic rings. The summed E-state index contributed by atoms with van der Waals surface area (Å²) in [6.45, 7) is 0. The van der Waals surface area contributed by atoms with E-state index in [-0.39, 0.29) is 5.75 Å². The summed E-state index contributed by atoms with van der Waals surface area (Å²) in [5.41, 5.74) is -0.851. The van der Waals surface area contributed by atoms with Gasteiger partial charge in [-0.1, -0.05) is 0 Å². The van der Waals surface area contributed by atoms with Crippen molar-refractivity contribution in [2.24, 2.45) is 0 Å². The minimum Gasteiger partial charge on any atom is -0.497 e. The van der Waals surface area contributed by atoms with Gasteiger partial charge in [-0.2, -0.15) is 48.3 Å². The lowest BCUT2D eigenvalue weighted by Crippen LogP contribution is -2.82. The van der Waals surface area contributed by atoms with Gasteiger partial charge in [-0.15, -0.1) is 4.90 Å². The lowest BCUT2D eigenvalue weighted by atomic mass is 10.1. The van der Waals surface area contributed by atoms with Crippen LogP contribution in [0.25, 0.3) is 0 Å². The summed E-state index contributed by atoms with van der Waals surface area (Å²) in [5.74, 6) is -10.2. The van der Waals surface area contributed by atoms with Crippen LogP contribution in [0.4, 0.5) is 58.4 Å². The largest absolute Gasteiger partial charge is 0.497 e. The van der Waals surface area contributed by atoms with E-state index in [1.807, 2.05) is 4.74 Å². The third-order valence-corrected chi connectivity index (χ3v) is 3.85. The maximum Gasteiger partial charge on any atom is 0.446 e. The molecule has 1 saturated heterocycles. The van der Waals surface area contributed by atoms with Crippen molar-refractivity contribution < 1.29 is 67.0 Å². The molecule has 2 rings (SSSR count). The van der Waals surface area contributed by atoms with Gasteiger partial charge in [-0.05, 0) is 24.3 Å². The Balaban J connectivity index is 2.67. The molecule has 17 heteroatoms. The number of ether oxygens (including phenoxy) is 2. The monoisotopic (exact) mass is 480 g/mol. The first-order valence-corrected chi connectivity index (χ1v) is 7.48. The number of morpholine rings is 1. The normalized spacial score (nSPS) is 24.2. The molecule has 1 heterocycles. The van der Waals surface area contributed by atoms with Gasteiger partial charge < -0.3 is 10.1 Å². The maximum atomic E-state index is 14.8. The third kappa shape index (κ3) is 3.62. The molecule has 1 aliphatic rings. The number of carbonyl (C=O) groups excluding carboxylic acids is 1. The number of methoxy groups -OCH3 is 1. The zero-order chi connectivity index (χ0) is 24.3. The van der Waals surface area contributed by atoms with Crippen LogP contribution in [0.2, 0.25) is 0 Å². The summed E-state index contributed by atoms with van der Waals surface area (Å²) in [7, 11) is 1.12. The Bertz CT molecular complexity index is 816. The van der Waals surface area contributed by atoms with Crippen LogP contribution in [-0.2, 0) is 9.53 Å². The van der Waals surface area contributed by atoms with Crippen molar-refractivity contribution in [1.82, 2.24) is 4.90 Å². The van der Waals surface area contributed by atoms with E-state index < -0.39 is 52.8 Å². The van der Waals surface area contributed by atoms with E-state index >= 15 is 0 Å². The summed E-state index contributed by atoms with van der Waals surface area (Å²) >= 11 is 0. The number of alkyl halides is 12. The van der Waals surface area contributed by atoms with Crippen molar-refractivity contribution in [2.45, 2.75) is 36.3 Å². The van der Waals surface area contributed by atoms with Crippen molar-refractivity contribution in [3.05, 3.63) is 24.3 Å². The highest BCUT2D eigenvalue weighted by atomic mass is 19.4. The van der Waals surface area contributed by atoms with Crippen LogP contribution in [0.5, 0.6) is 5.75 Å². The molecule has 1 aromatic carbocycles. The minimum absolute atomic E-state index is 0.00543. The molecule has 1 fully saturated rings. The Morgan fingerprint density at radius 3 is 1.68 bits per heavy atom. The number of carbonyl (C=O) groups is 1. The van der Waals surface area contributed by atoms with Crippen LogP contribution >= 0.6 is 0 Å². The number of nitrogens with zero attached hydrogens (tertiary/aromatic N) is 1. The standard InChI is InChI=1S/C14H8F12N2O3/c1-30-7-4-2-6(3-5-7)27-8(29)9(15,10(16,17)18)28-11(19,20)13(23,24)31-14(25,26)12(28,21)22/h2-5H,1H3,(H,27,29). The second-order valence-electron chi connectivity index (χ2n) is 5.86. The van der Waals surface area contributed by atoms with Gasteiger partial charge in [0.2, 0.25) is 0 Å². The van der Waals surface area contributed by atoms with Crippen molar-refractivity contribution in [3.8, 4) is 5.75 Å². The SMILES string of the molecule is COc1ccc(NC(=O)C(F)(N2C(F)(F)C(F)(F)OC(F)(F)C2(F)F)C(F)(F)F)cc1. The number of amides is 1. The van der Waals surface area contributed by atoms with Gasteiger partial charge in [0, 0.05) is 5.69 Å². The smallest absolute Gasteiger partial charge is 0.446 e. The Morgan fingerprint density at radius 2 is 1.32 bits per heavy atom. The second-order valence-corrected chi connectivity index (χ2v) is 5.86. The van der Waals surface area contributed by atoms with Crippen molar-refractivity contribution >= 4 is 11.6 Å². The zero-order valence-corrected chi connectivity index (χ0v) is 14.5. The predicted molar refractivity (Wildman–Crippen MR) is 74.2 cm³/mol. The first kappa shape index (κ1) is 24.8. The molecule has 176 valence electrons. The number of benzene rings is 1. The van der Waals surface area contributed by atoms with E-state index in [9.17, 15) is 57.5 Å². The number of halogens is 12. The van der Waals surface area contributed by atoms with E-state index in [0.29, 0.717) is 12.1 Å². The molecular weight excluding hydrogens is 472 g/mol. The molecule has 1 N–H and O–H groups in total. The number of nitrogens with one attached hydrogen (secondary N) is 1. The fraction of sp³-hybridized carbons (Fsp3) is 0.500. The molecule has 1 aliphatic heterocycles. The number of anilines is 1. The van der Waals surface area contributed by atoms with E-state index in [2.05, 4.69) is 4.74 Å². The average molecular weight is 480 g/mol. The first-order chi connectivity index (χ1) is 13.8. The van der Waals surface area contributed by atoms with Gasteiger partial charge in [0.25, 0.3) is 5.91 Å². The van der Waals surface area contributed by atoms with Crippen molar-refractivity contribution in [2.75, 3.05) is 12.4 Å². The minimum atomic E-state index is -7.15. The van der Waals surface area contributed by atoms with Crippen LogP contribution in [-0.4, -0.2) is 54.2 Å². The average Bonchev–Trinajstić information content (AvgIpc) is 2.58. The summed E-state index contributed by atoms with van der Waals surface area (Å²) in [6.07, 6.45) is -20.7. The van der Waals surface area contributed by atoms with Crippen LogP contribution in [0.1, 0.15) is 0 Å². The number of hydrogen-bond donors (Lipinski definition) is 1. The van der Waals surface area contributed by atoms with E-state index in [4.69, 9.17) is 0 Å². The fourth-order valence-corrected chi connectivity index (χ4v) is 2.35. The highest BCUT2D eigenvalue weighted by molar-refractivity contribution is 5.97. The molecule has 0 aromatic heterocycles. The van der Waals surface area contributed by atoms with Gasteiger partial charge in [-0.25, -0.2) is 9.13 Å². The van der Waals surface area contributed by atoms with Gasteiger partial charge >= 0.3 is 36.3 Å². The molecular formula is C14H8F12N2O3. The van der Waals surface area contributed by atoms with Gasteiger partial charge in [0.05, 0.1) is 7.11 Å². The van der Waals surface area contributed by atoms with Gasteiger partial charge in [0.15, 0.2) is 0 Å². The topological polar surface area (TPSA) is 50.8 Å². The lowest BCUT2D eigenvalue weighted by molar-refractivity contribution is -0.582. The number of hydrogen-bond acceptors (Lipinski definition) is 4. The van der Waals surface area contributed by atoms with Crippen LogP contribution < -0.4 is 10.1 Å². The Labute approximate surface area is 163 Å². The van der Waals surface area contributed by atoms with Gasteiger partial charge in [-0.3, -0.25) is 4.79 Å². The van der Waals surface area contributed by atoms with Crippen LogP contribution in [0.15, 0.2) is 24.3 Å². The van der Waals surface area contributed by atoms with Crippen LogP contribution in [0.3, 0.4) is 0 Å². The lowest BCUT2D eigenvalue weighted by Gasteiger charge is -2.51. The molecule has 5 nitrogen and oxygen atoms in total. The molecule has 31 heavy (non-hydrogen) atoms. The Morgan fingerprint density at radius 1 is 0.903 bits per heavy atom. The molecule has 0 saturated carbocycles. The Hall–Kier alpha value is -2.43. The molecule has 1 atom stereocenters. The highest BCUT2D eigenvalue weighted by Crippen LogP contribution is 2.60. The third-order valence-electron chi connectivity index (χ3n) is 3.85. The van der Waals surface area contributed by atoms with Crippen molar-refractivity contribution in [1.29, 1.82) is 0 Å². The molecule has 0 aliphatic carbocycles. The summed E-state index contributed by atoms with van der Waals surface area (Å²) in [5, 5.41) is 0.939. The second kappa shape index (κ2) is 7.04. The van der Waals surface area contributed by atoms with E-state index in [0.717, 1.165) is 24.6 Å². The maximum absolute atomic E-state index is 14.8. The molecule has 1 amide bonds. The Kier molecular flexibility index (Phi) is 5.64. The van der Waals surface area contributed by atoms with Gasteiger partial charge in [0.1, 0.15) is 5.75 Å². The highest BCUT2D eigenvalue weighted by Gasteiger charge is 2.90. The zero-order valence-electron chi connectivity index (χ0n) is 14.5. The molecule has 0 spiro atoms. The van der Waals surface area contributed by atoms with Crippen molar-refractivity contribution in [3.63, 3.8) is 0 Å². The molecule has 0 radical (unpaired) electrons. The van der Waals surface area contributed by atoms with Crippen LogP contribution in [0, 0.1) is 0 Å². The first-order valence-electron chi connectivity index (χ1n) is 7.48.